The first kappa shape index (κ1) is 13.5. The Morgan fingerprint density at radius 3 is 2.63 bits per heavy atom. The molecule has 0 unspecified atom stereocenters. The fraction of sp³-hybridized carbons (Fsp3) is 0.308. The zero-order valence-corrected chi connectivity index (χ0v) is 10.4. The standard InChI is InChI=1S/C13H14F3N3/c1-2-19(8-13(14,15)16)11-6-7-18-12-9(11)4-3-5-10(12)17/h3-7H,2,8,17H2,1H3. The average Bonchev–Trinajstić information content (AvgIpc) is 2.35. The second-order valence-corrected chi connectivity index (χ2v) is 4.20. The number of halogens is 3. The molecule has 1 aromatic heterocycles. The van der Waals surface area contributed by atoms with Crippen LogP contribution < -0.4 is 10.6 Å². The van der Waals surface area contributed by atoms with Crippen LogP contribution in [0, 0.1) is 0 Å². The lowest BCUT2D eigenvalue weighted by Crippen LogP contribution is -2.34. The third kappa shape index (κ3) is 2.89. The van der Waals surface area contributed by atoms with Gasteiger partial charge in [0.25, 0.3) is 0 Å². The molecule has 0 fully saturated rings. The second kappa shape index (κ2) is 4.95. The van der Waals surface area contributed by atoms with Crippen molar-refractivity contribution in [1.29, 1.82) is 0 Å². The van der Waals surface area contributed by atoms with Crippen molar-refractivity contribution >= 4 is 22.3 Å². The molecular weight excluding hydrogens is 255 g/mol. The number of rotatable bonds is 3. The largest absolute Gasteiger partial charge is 0.405 e. The van der Waals surface area contributed by atoms with Crippen molar-refractivity contribution in [2.24, 2.45) is 0 Å². The van der Waals surface area contributed by atoms with Crippen LogP contribution in [-0.4, -0.2) is 24.2 Å². The fourth-order valence-corrected chi connectivity index (χ4v) is 2.04. The molecule has 0 spiro atoms. The number of nitrogens with zero attached hydrogens (tertiary/aromatic N) is 2. The summed E-state index contributed by atoms with van der Waals surface area (Å²) in [7, 11) is 0. The number of aromatic nitrogens is 1. The zero-order valence-electron chi connectivity index (χ0n) is 10.4. The summed E-state index contributed by atoms with van der Waals surface area (Å²) in [4.78, 5) is 5.39. The molecule has 19 heavy (non-hydrogen) atoms. The molecule has 3 nitrogen and oxygen atoms in total. The number of nitrogen functional groups attached to an aromatic ring is 1. The van der Waals surface area contributed by atoms with Crippen LogP contribution in [0.15, 0.2) is 30.5 Å². The Morgan fingerprint density at radius 1 is 1.26 bits per heavy atom. The minimum atomic E-state index is -4.24. The molecule has 6 heteroatoms. The van der Waals surface area contributed by atoms with Crippen molar-refractivity contribution in [3.63, 3.8) is 0 Å². The van der Waals surface area contributed by atoms with E-state index in [9.17, 15) is 13.2 Å². The SMILES string of the molecule is CCN(CC(F)(F)F)c1ccnc2c(N)cccc12. The van der Waals surface area contributed by atoms with E-state index in [4.69, 9.17) is 5.73 Å². The van der Waals surface area contributed by atoms with Gasteiger partial charge >= 0.3 is 6.18 Å². The van der Waals surface area contributed by atoms with Crippen LogP contribution >= 0.6 is 0 Å². The van der Waals surface area contributed by atoms with Gasteiger partial charge in [-0.15, -0.1) is 0 Å². The van der Waals surface area contributed by atoms with Gasteiger partial charge in [0, 0.05) is 23.8 Å². The zero-order chi connectivity index (χ0) is 14.0. The molecule has 2 rings (SSSR count). The van der Waals surface area contributed by atoms with Crippen LogP contribution in [0.3, 0.4) is 0 Å². The molecule has 0 saturated heterocycles. The van der Waals surface area contributed by atoms with E-state index in [0.717, 1.165) is 0 Å². The summed E-state index contributed by atoms with van der Waals surface area (Å²) in [5.41, 5.74) is 7.28. The van der Waals surface area contributed by atoms with Gasteiger partial charge in [-0.25, -0.2) is 0 Å². The normalized spacial score (nSPS) is 11.8. The molecule has 0 amide bonds. The predicted molar refractivity (Wildman–Crippen MR) is 70.1 cm³/mol. The van der Waals surface area contributed by atoms with Crippen molar-refractivity contribution in [1.82, 2.24) is 4.98 Å². The van der Waals surface area contributed by atoms with Crippen LogP contribution in [0.25, 0.3) is 10.9 Å². The Morgan fingerprint density at radius 2 is 2.00 bits per heavy atom. The fourth-order valence-electron chi connectivity index (χ4n) is 2.04. The van der Waals surface area contributed by atoms with Crippen LogP contribution in [0.5, 0.6) is 0 Å². The highest BCUT2D eigenvalue weighted by molar-refractivity contribution is 5.98. The number of anilines is 2. The molecule has 0 saturated carbocycles. The minimum Gasteiger partial charge on any atom is -0.397 e. The Hall–Kier alpha value is -1.98. The van der Waals surface area contributed by atoms with Crippen LogP contribution in [0.4, 0.5) is 24.5 Å². The molecule has 0 aliphatic heterocycles. The lowest BCUT2D eigenvalue weighted by Gasteiger charge is -2.25. The van der Waals surface area contributed by atoms with Crippen LogP contribution in [0.1, 0.15) is 6.92 Å². The number of para-hydroxylation sites is 1. The molecule has 2 N–H and O–H groups in total. The molecule has 1 aromatic carbocycles. The van der Waals surface area contributed by atoms with Gasteiger partial charge in [-0.1, -0.05) is 12.1 Å². The number of fused-ring (bicyclic) bond motifs is 1. The Labute approximate surface area is 108 Å². The van der Waals surface area contributed by atoms with Crippen LogP contribution in [-0.2, 0) is 0 Å². The molecule has 0 bridgehead atoms. The third-order valence-corrected chi connectivity index (χ3v) is 2.87. The number of hydrogen-bond acceptors (Lipinski definition) is 3. The molecule has 0 aliphatic carbocycles. The number of benzene rings is 1. The van der Waals surface area contributed by atoms with Gasteiger partial charge < -0.3 is 10.6 Å². The summed E-state index contributed by atoms with van der Waals surface area (Å²) in [6.45, 7) is 0.954. The lowest BCUT2D eigenvalue weighted by molar-refractivity contribution is -0.119. The van der Waals surface area contributed by atoms with E-state index in [1.54, 1.807) is 31.2 Å². The summed E-state index contributed by atoms with van der Waals surface area (Å²) < 4.78 is 37.7. The van der Waals surface area contributed by atoms with E-state index in [1.807, 2.05) is 0 Å². The molecule has 0 atom stereocenters. The first-order valence-corrected chi connectivity index (χ1v) is 5.87. The summed E-state index contributed by atoms with van der Waals surface area (Å²) in [6.07, 6.45) is -2.76. The highest BCUT2D eigenvalue weighted by Gasteiger charge is 2.30. The lowest BCUT2D eigenvalue weighted by atomic mass is 10.1. The molecule has 102 valence electrons. The maximum absolute atomic E-state index is 12.6. The van der Waals surface area contributed by atoms with E-state index < -0.39 is 12.7 Å². The molecule has 0 aliphatic rings. The summed E-state index contributed by atoms with van der Waals surface area (Å²) in [6, 6.07) is 6.70. The van der Waals surface area contributed by atoms with E-state index in [-0.39, 0.29) is 6.54 Å². The number of pyridine rings is 1. The highest BCUT2D eigenvalue weighted by Crippen LogP contribution is 2.30. The summed E-state index contributed by atoms with van der Waals surface area (Å²) in [5.74, 6) is 0. The first-order valence-electron chi connectivity index (χ1n) is 5.87. The van der Waals surface area contributed by atoms with Gasteiger partial charge in [-0.3, -0.25) is 4.98 Å². The molecule has 1 heterocycles. The Balaban J connectivity index is 2.52. The Bertz CT molecular complexity index is 581. The maximum Gasteiger partial charge on any atom is 0.405 e. The average molecular weight is 269 g/mol. The minimum absolute atomic E-state index is 0.257. The van der Waals surface area contributed by atoms with E-state index in [1.165, 1.54) is 11.1 Å². The van der Waals surface area contributed by atoms with Gasteiger partial charge in [0.1, 0.15) is 6.54 Å². The molecular formula is C13H14F3N3. The highest BCUT2D eigenvalue weighted by atomic mass is 19.4. The topological polar surface area (TPSA) is 42.2 Å². The first-order chi connectivity index (χ1) is 8.92. The summed E-state index contributed by atoms with van der Waals surface area (Å²) in [5, 5.41) is 0.633. The molecule has 2 aromatic rings. The van der Waals surface area contributed by atoms with Crippen molar-refractivity contribution in [3.05, 3.63) is 30.5 Å². The van der Waals surface area contributed by atoms with Crippen molar-refractivity contribution in [2.75, 3.05) is 23.7 Å². The number of nitrogens with two attached hydrogens (primary N) is 1. The van der Waals surface area contributed by atoms with Crippen LogP contribution in [0.2, 0.25) is 0 Å². The van der Waals surface area contributed by atoms with E-state index >= 15 is 0 Å². The monoisotopic (exact) mass is 269 g/mol. The van der Waals surface area contributed by atoms with Gasteiger partial charge in [-0.2, -0.15) is 13.2 Å². The van der Waals surface area contributed by atoms with E-state index in [0.29, 0.717) is 22.3 Å². The predicted octanol–water partition coefficient (Wildman–Crippen LogP) is 3.21. The molecule has 0 radical (unpaired) electrons. The number of alkyl halides is 3. The van der Waals surface area contributed by atoms with Gasteiger partial charge in [0.2, 0.25) is 0 Å². The van der Waals surface area contributed by atoms with Gasteiger partial charge in [-0.05, 0) is 19.1 Å². The third-order valence-electron chi connectivity index (χ3n) is 2.87. The Kier molecular flexibility index (Phi) is 3.50. The van der Waals surface area contributed by atoms with Gasteiger partial charge in [0.15, 0.2) is 0 Å². The van der Waals surface area contributed by atoms with Crippen molar-refractivity contribution < 1.29 is 13.2 Å². The smallest absolute Gasteiger partial charge is 0.397 e. The van der Waals surface area contributed by atoms with Gasteiger partial charge in [0.05, 0.1) is 11.2 Å². The maximum atomic E-state index is 12.6. The second-order valence-electron chi connectivity index (χ2n) is 4.20. The van der Waals surface area contributed by atoms with Crippen molar-refractivity contribution in [3.8, 4) is 0 Å². The summed E-state index contributed by atoms with van der Waals surface area (Å²) >= 11 is 0. The quantitative estimate of drug-likeness (QED) is 0.870. The number of hydrogen-bond donors (Lipinski definition) is 1. The van der Waals surface area contributed by atoms with Crippen molar-refractivity contribution in [2.45, 2.75) is 13.1 Å². The van der Waals surface area contributed by atoms with E-state index in [2.05, 4.69) is 4.98 Å².